The quantitative estimate of drug-likeness (QED) is 0.151. The van der Waals surface area contributed by atoms with Crippen LogP contribution in [0.25, 0.3) is 16.6 Å². The van der Waals surface area contributed by atoms with Crippen LogP contribution in [0.2, 0.25) is 10.0 Å². The van der Waals surface area contributed by atoms with E-state index < -0.39 is 0 Å². The Kier molecular flexibility index (Phi) is 6.47. The molecule has 0 radical (unpaired) electrons. The van der Waals surface area contributed by atoms with Gasteiger partial charge in [0.15, 0.2) is 0 Å². The Labute approximate surface area is 193 Å². The van der Waals surface area contributed by atoms with Crippen molar-refractivity contribution >= 4 is 50.4 Å². The lowest BCUT2D eigenvalue weighted by atomic mass is 10.00. The number of nitrogens with zero attached hydrogens (tertiary/aromatic N) is 1. The van der Waals surface area contributed by atoms with E-state index in [0.29, 0.717) is 27.9 Å². The first-order valence-corrected chi connectivity index (χ1v) is 11.4. The summed E-state index contributed by atoms with van der Waals surface area (Å²) in [6, 6.07) is 20.5. The number of aromatic nitrogens is 1. The molecule has 0 aliphatic rings. The lowest BCUT2D eigenvalue weighted by molar-refractivity contribution is 0.103. The van der Waals surface area contributed by atoms with Gasteiger partial charge in [0, 0.05) is 28.2 Å². The number of ketones is 1. The number of benzene rings is 2. The van der Waals surface area contributed by atoms with Crippen molar-refractivity contribution in [2.24, 2.45) is 0 Å². The molecule has 0 bridgehead atoms. The fourth-order valence-corrected chi connectivity index (χ4v) is 3.85. The standard InChI is InChI=1S/C24H18BrCl2NO2/c25-11-3-13-30-19-8-5-16(6-9-19)24(29)23-20(15-18-4-1-2-12-28(18)23)17-7-10-21(26)22(27)14-17/h1-2,4-10,12,14-15H,3,11,13H2. The first kappa shape index (κ1) is 21.0. The van der Waals surface area contributed by atoms with Crippen molar-refractivity contribution in [3.63, 3.8) is 0 Å². The second-order valence-electron chi connectivity index (χ2n) is 6.78. The van der Waals surface area contributed by atoms with Crippen LogP contribution in [0.3, 0.4) is 0 Å². The first-order valence-electron chi connectivity index (χ1n) is 9.47. The third-order valence-corrected chi connectivity index (χ3v) is 6.09. The Bertz CT molecular complexity index is 1200. The van der Waals surface area contributed by atoms with Crippen molar-refractivity contribution in [2.45, 2.75) is 6.42 Å². The summed E-state index contributed by atoms with van der Waals surface area (Å²) in [5.41, 5.74) is 3.75. The van der Waals surface area contributed by atoms with Gasteiger partial charge in [0.25, 0.3) is 0 Å². The van der Waals surface area contributed by atoms with Crippen molar-refractivity contribution in [1.29, 1.82) is 0 Å². The monoisotopic (exact) mass is 501 g/mol. The van der Waals surface area contributed by atoms with Gasteiger partial charge in [-0.15, -0.1) is 0 Å². The molecule has 152 valence electrons. The first-order chi connectivity index (χ1) is 14.6. The van der Waals surface area contributed by atoms with Gasteiger partial charge < -0.3 is 9.14 Å². The molecule has 0 unspecified atom stereocenters. The summed E-state index contributed by atoms with van der Waals surface area (Å²) in [5.74, 6) is 0.673. The summed E-state index contributed by atoms with van der Waals surface area (Å²) in [6.45, 7) is 0.628. The van der Waals surface area contributed by atoms with Gasteiger partial charge in [-0.05, 0) is 66.6 Å². The molecule has 3 nitrogen and oxygen atoms in total. The van der Waals surface area contributed by atoms with Gasteiger partial charge in [0.05, 0.1) is 16.7 Å². The van der Waals surface area contributed by atoms with Crippen molar-refractivity contribution in [3.05, 3.63) is 94.2 Å². The molecule has 2 aromatic heterocycles. The van der Waals surface area contributed by atoms with E-state index in [4.69, 9.17) is 27.9 Å². The predicted molar refractivity (Wildman–Crippen MR) is 127 cm³/mol. The summed E-state index contributed by atoms with van der Waals surface area (Å²) in [5, 5.41) is 1.82. The Balaban J connectivity index is 1.75. The second kappa shape index (κ2) is 9.25. The highest BCUT2D eigenvalue weighted by atomic mass is 79.9. The molecule has 0 aliphatic carbocycles. The zero-order chi connectivity index (χ0) is 21.1. The zero-order valence-electron chi connectivity index (χ0n) is 15.9. The van der Waals surface area contributed by atoms with Crippen LogP contribution in [0.5, 0.6) is 5.75 Å². The van der Waals surface area contributed by atoms with Crippen LogP contribution in [0.4, 0.5) is 0 Å². The Morgan fingerprint density at radius 3 is 2.50 bits per heavy atom. The molecule has 0 aliphatic heterocycles. The second-order valence-corrected chi connectivity index (χ2v) is 8.38. The molecular weight excluding hydrogens is 485 g/mol. The van der Waals surface area contributed by atoms with Gasteiger partial charge in [0.2, 0.25) is 5.78 Å². The maximum absolute atomic E-state index is 13.5. The number of halogens is 3. The van der Waals surface area contributed by atoms with Crippen LogP contribution in [0, 0.1) is 0 Å². The largest absolute Gasteiger partial charge is 0.494 e. The number of fused-ring (bicyclic) bond motifs is 1. The van der Waals surface area contributed by atoms with E-state index >= 15 is 0 Å². The van der Waals surface area contributed by atoms with E-state index in [-0.39, 0.29) is 5.78 Å². The summed E-state index contributed by atoms with van der Waals surface area (Å²) < 4.78 is 7.59. The molecule has 0 saturated heterocycles. The minimum atomic E-state index is -0.0747. The van der Waals surface area contributed by atoms with Gasteiger partial charge in [-0.25, -0.2) is 0 Å². The van der Waals surface area contributed by atoms with E-state index in [2.05, 4.69) is 15.9 Å². The van der Waals surface area contributed by atoms with Crippen molar-refractivity contribution < 1.29 is 9.53 Å². The summed E-state index contributed by atoms with van der Waals surface area (Å²) >= 11 is 15.7. The molecule has 0 fully saturated rings. The summed E-state index contributed by atoms with van der Waals surface area (Å²) in [7, 11) is 0. The van der Waals surface area contributed by atoms with Crippen LogP contribution < -0.4 is 4.74 Å². The number of ether oxygens (including phenoxy) is 1. The van der Waals surface area contributed by atoms with Crippen LogP contribution in [0.15, 0.2) is 72.9 Å². The summed E-state index contributed by atoms with van der Waals surface area (Å²) in [6.07, 6.45) is 2.81. The smallest absolute Gasteiger partial charge is 0.210 e. The van der Waals surface area contributed by atoms with E-state index in [0.717, 1.165) is 34.1 Å². The molecule has 6 heteroatoms. The zero-order valence-corrected chi connectivity index (χ0v) is 19.0. The molecule has 4 rings (SSSR count). The fraction of sp³-hybridized carbons (Fsp3) is 0.125. The molecule has 0 saturated carbocycles. The number of hydrogen-bond donors (Lipinski definition) is 0. The highest BCUT2D eigenvalue weighted by Gasteiger charge is 2.20. The SMILES string of the molecule is O=C(c1ccc(OCCCBr)cc1)c1c(-c2ccc(Cl)c(Cl)c2)cc2ccccn12. The molecule has 0 atom stereocenters. The third-order valence-electron chi connectivity index (χ3n) is 4.79. The van der Waals surface area contributed by atoms with E-state index in [9.17, 15) is 4.79 Å². The van der Waals surface area contributed by atoms with Crippen LogP contribution in [-0.4, -0.2) is 22.1 Å². The van der Waals surface area contributed by atoms with Gasteiger partial charge in [0.1, 0.15) is 11.4 Å². The number of carbonyl (C=O) groups excluding carboxylic acids is 1. The topological polar surface area (TPSA) is 30.7 Å². The summed E-state index contributed by atoms with van der Waals surface area (Å²) in [4.78, 5) is 13.5. The number of carbonyl (C=O) groups is 1. The average Bonchev–Trinajstić information content (AvgIpc) is 3.15. The highest BCUT2D eigenvalue weighted by molar-refractivity contribution is 9.09. The maximum Gasteiger partial charge on any atom is 0.210 e. The van der Waals surface area contributed by atoms with Crippen LogP contribution in [0.1, 0.15) is 22.5 Å². The van der Waals surface area contributed by atoms with Gasteiger partial charge in [-0.1, -0.05) is 51.3 Å². The highest BCUT2D eigenvalue weighted by Crippen LogP contribution is 2.33. The lowest BCUT2D eigenvalue weighted by Gasteiger charge is -2.09. The Morgan fingerprint density at radius 2 is 1.77 bits per heavy atom. The molecule has 0 N–H and O–H groups in total. The average molecular weight is 503 g/mol. The molecule has 0 amide bonds. The van der Waals surface area contributed by atoms with Crippen molar-refractivity contribution in [3.8, 4) is 16.9 Å². The fourth-order valence-electron chi connectivity index (χ4n) is 3.32. The molecule has 0 spiro atoms. The third kappa shape index (κ3) is 4.27. The van der Waals surface area contributed by atoms with Gasteiger partial charge in [-0.2, -0.15) is 0 Å². The van der Waals surface area contributed by atoms with Gasteiger partial charge >= 0.3 is 0 Å². The number of pyridine rings is 1. The minimum absolute atomic E-state index is 0.0747. The van der Waals surface area contributed by atoms with Crippen molar-refractivity contribution in [2.75, 3.05) is 11.9 Å². The van der Waals surface area contributed by atoms with Crippen LogP contribution >= 0.6 is 39.1 Å². The van der Waals surface area contributed by atoms with Crippen molar-refractivity contribution in [1.82, 2.24) is 4.40 Å². The Hall–Kier alpha value is -2.27. The normalized spacial score (nSPS) is 11.0. The number of alkyl halides is 1. The molecule has 4 aromatic rings. The number of hydrogen-bond acceptors (Lipinski definition) is 2. The lowest BCUT2D eigenvalue weighted by Crippen LogP contribution is -2.07. The van der Waals surface area contributed by atoms with E-state index in [1.165, 1.54) is 0 Å². The maximum atomic E-state index is 13.5. The van der Waals surface area contributed by atoms with E-state index in [1.807, 2.05) is 53.1 Å². The molecule has 2 heterocycles. The molecule has 30 heavy (non-hydrogen) atoms. The Morgan fingerprint density at radius 1 is 0.967 bits per heavy atom. The number of rotatable bonds is 7. The van der Waals surface area contributed by atoms with E-state index in [1.54, 1.807) is 24.3 Å². The van der Waals surface area contributed by atoms with Crippen LogP contribution in [-0.2, 0) is 0 Å². The molecule has 2 aromatic carbocycles. The minimum Gasteiger partial charge on any atom is -0.494 e. The predicted octanol–water partition coefficient (Wildman–Crippen LogP) is 7.31. The molecular formula is C24H18BrCl2NO2. The van der Waals surface area contributed by atoms with Gasteiger partial charge in [-0.3, -0.25) is 4.79 Å².